The van der Waals surface area contributed by atoms with Gasteiger partial charge in [0.15, 0.2) is 0 Å². The zero-order valence-electron chi connectivity index (χ0n) is 12.4. The number of nitrogens with one attached hydrogen (secondary N) is 1. The zero-order chi connectivity index (χ0) is 16.0. The number of aromatic carboxylic acids is 1. The summed E-state index contributed by atoms with van der Waals surface area (Å²) < 4.78 is 1.07. The number of carboxylic acids is 1. The highest BCUT2D eigenvalue weighted by Gasteiger charge is 2.38. The lowest BCUT2D eigenvalue weighted by atomic mass is 9.77. The van der Waals surface area contributed by atoms with Crippen LogP contribution in [0.1, 0.15) is 39.9 Å². The van der Waals surface area contributed by atoms with Crippen LogP contribution in [0, 0.1) is 5.92 Å². The first-order valence-corrected chi connectivity index (χ1v) is 8.49. The average Bonchev–Trinajstić information content (AvgIpc) is 3.04. The molecular formula is C19H16BrNO2. The van der Waals surface area contributed by atoms with Crippen molar-refractivity contribution in [3.05, 3.63) is 75.8 Å². The molecule has 23 heavy (non-hydrogen) atoms. The van der Waals surface area contributed by atoms with E-state index in [0.29, 0.717) is 17.4 Å². The molecule has 2 N–H and O–H groups in total. The Morgan fingerprint density at radius 2 is 1.96 bits per heavy atom. The van der Waals surface area contributed by atoms with Crippen molar-refractivity contribution in [2.24, 2.45) is 5.92 Å². The molecule has 0 unspecified atom stereocenters. The molecule has 4 rings (SSSR count). The minimum Gasteiger partial charge on any atom is -0.478 e. The van der Waals surface area contributed by atoms with Crippen molar-refractivity contribution in [2.45, 2.75) is 18.4 Å². The molecule has 0 radical (unpaired) electrons. The van der Waals surface area contributed by atoms with Crippen LogP contribution >= 0.6 is 15.9 Å². The summed E-state index contributed by atoms with van der Waals surface area (Å²) in [6.45, 7) is 0. The van der Waals surface area contributed by atoms with Crippen molar-refractivity contribution in [3.63, 3.8) is 0 Å². The van der Waals surface area contributed by atoms with E-state index in [9.17, 15) is 4.79 Å². The van der Waals surface area contributed by atoms with E-state index in [1.165, 1.54) is 5.56 Å². The number of anilines is 1. The molecule has 2 aromatic rings. The maximum atomic E-state index is 11.0. The standard InChI is InChI=1S/C19H16BrNO2/c20-16-6-2-5-15-13-3-1-4-14(13)17(21-18(15)16)11-7-9-12(10-8-11)19(22)23/h1-3,5-10,13-14,17,21H,4H2,(H,22,23)/t13-,14+,17-/m0/s1. The molecule has 0 fully saturated rings. The molecule has 0 saturated heterocycles. The fourth-order valence-corrected chi connectivity index (χ4v) is 4.24. The largest absolute Gasteiger partial charge is 0.478 e. The van der Waals surface area contributed by atoms with Crippen LogP contribution in [-0.4, -0.2) is 11.1 Å². The molecule has 1 aliphatic carbocycles. The van der Waals surface area contributed by atoms with Crippen LogP contribution in [-0.2, 0) is 0 Å². The molecule has 2 aromatic carbocycles. The van der Waals surface area contributed by atoms with Gasteiger partial charge in [-0.25, -0.2) is 4.79 Å². The van der Waals surface area contributed by atoms with Crippen molar-refractivity contribution in [1.82, 2.24) is 0 Å². The first-order chi connectivity index (χ1) is 11.1. The van der Waals surface area contributed by atoms with Gasteiger partial charge in [-0.15, -0.1) is 0 Å². The van der Waals surface area contributed by atoms with Crippen molar-refractivity contribution < 1.29 is 9.90 Å². The van der Waals surface area contributed by atoms with E-state index in [4.69, 9.17) is 5.11 Å². The molecule has 3 atom stereocenters. The van der Waals surface area contributed by atoms with Gasteiger partial charge in [0.2, 0.25) is 0 Å². The quantitative estimate of drug-likeness (QED) is 0.734. The smallest absolute Gasteiger partial charge is 0.335 e. The van der Waals surface area contributed by atoms with Crippen LogP contribution in [0.15, 0.2) is 59.1 Å². The summed E-state index contributed by atoms with van der Waals surface area (Å²) in [6.07, 6.45) is 5.59. The molecule has 0 spiro atoms. The molecule has 1 heterocycles. The third-order valence-electron chi connectivity index (χ3n) is 4.86. The van der Waals surface area contributed by atoms with E-state index >= 15 is 0 Å². The Kier molecular flexibility index (Phi) is 3.49. The zero-order valence-corrected chi connectivity index (χ0v) is 14.0. The Bertz CT molecular complexity index is 798. The van der Waals surface area contributed by atoms with E-state index < -0.39 is 5.97 Å². The summed E-state index contributed by atoms with van der Waals surface area (Å²) in [5.41, 5.74) is 3.94. The number of fused-ring (bicyclic) bond motifs is 3. The van der Waals surface area contributed by atoms with Gasteiger partial charge in [-0.05, 0) is 57.6 Å². The number of hydrogen-bond acceptors (Lipinski definition) is 2. The van der Waals surface area contributed by atoms with Crippen molar-refractivity contribution in [3.8, 4) is 0 Å². The Hall–Kier alpha value is -2.07. The van der Waals surface area contributed by atoms with Gasteiger partial charge in [0.25, 0.3) is 0 Å². The Balaban J connectivity index is 1.75. The minimum absolute atomic E-state index is 0.184. The van der Waals surface area contributed by atoms with Gasteiger partial charge in [0.05, 0.1) is 17.3 Å². The second-order valence-electron chi connectivity index (χ2n) is 6.11. The molecule has 1 aliphatic heterocycles. The summed E-state index contributed by atoms with van der Waals surface area (Å²) in [4.78, 5) is 11.0. The van der Waals surface area contributed by atoms with Crippen LogP contribution in [0.4, 0.5) is 5.69 Å². The predicted molar refractivity (Wildman–Crippen MR) is 93.9 cm³/mol. The molecule has 0 amide bonds. The summed E-state index contributed by atoms with van der Waals surface area (Å²) in [5.74, 6) is -0.0120. The summed E-state index contributed by atoms with van der Waals surface area (Å²) in [6, 6.07) is 13.7. The molecule has 0 bridgehead atoms. The molecule has 0 saturated carbocycles. The molecule has 4 heteroatoms. The molecule has 0 aromatic heterocycles. The highest BCUT2D eigenvalue weighted by molar-refractivity contribution is 9.10. The van der Waals surface area contributed by atoms with Gasteiger partial charge in [-0.2, -0.15) is 0 Å². The second-order valence-corrected chi connectivity index (χ2v) is 6.96. The highest BCUT2D eigenvalue weighted by Crippen LogP contribution is 2.51. The van der Waals surface area contributed by atoms with Crippen LogP contribution in [0.3, 0.4) is 0 Å². The summed E-state index contributed by atoms with van der Waals surface area (Å²) >= 11 is 3.65. The van der Waals surface area contributed by atoms with E-state index in [2.05, 4.69) is 51.6 Å². The molecule has 3 nitrogen and oxygen atoms in total. The fourth-order valence-electron chi connectivity index (χ4n) is 3.75. The molecule has 116 valence electrons. The Morgan fingerprint density at radius 1 is 1.17 bits per heavy atom. The normalized spacial score (nSPS) is 24.7. The lowest BCUT2D eigenvalue weighted by Crippen LogP contribution is -2.29. The number of hydrogen-bond donors (Lipinski definition) is 2. The SMILES string of the molecule is O=C(O)c1ccc([C@@H]2Nc3c(Br)cccc3[C@H]3C=CC[C@H]32)cc1. The Labute approximate surface area is 143 Å². The van der Waals surface area contributed by atoms with E-state index in [0.717, 1.165) is 22.1 Å². The highest BCUT2D eigenvalue weighted by atomic mass is 79.9. The number of carbonyl (C=O) groups is 1. The predicted octanol–water partition coefficient (Wildman–Crippen LogP) is 4.97. The maximum absolute atomic E-state index is 11.0. The topological polar surface area (TPSA) is 49.3 Å². The number of rotatable bonds is 2. The van der Waals surface area contributed by atoms with Gasteiger partial charge in [-0.1, -0.05) is 36.4 Å². The second kappa shape index (κ2) is 5.53. The van der Waals surface area contributed by atoms with E-state index in [1.807, 2.05) is 12.1 Å². The number of allylic oxidation sites excluding steroid dienone is 2. The van der Waals surface area contributed by atoms with E-state index in [-0.39, 0.29) is 6.04 Å². The van der Waals surface area contributed by atoms with Crippen LogP contribution in [0.5, 0.6) is 0 Å². The maximum Gasteiger partial charge on any atom is 0.335 e. The van der Waals surface area contributed by atoms with Crippen molar-refractivity contribution in [2.75, 3.05) is 5.32 Å². The van der Waals surface area contributed by atoms with Crippen LogP contribution < -0.4 is 5.32 Å². The van der Waals surface area contributed by atoms with Crippen molar-refractivity contribution in [1.29, 1.82) is 0 Å². The third-order valence-corrected chi connectivity index (χ3v) is 5.52. The Morgan fingerprint density at radius 3 is 2.70 bits per heavy atom. The third kappa shape index (κ3) is 2.38. The first kappa shape index (κ1) is 14.5. The van der Waals surface area contributed by atoms with Crippen LogP contribution in [0.2, 0.25) is 0 Å². The van der Waals surface area contributed by atoms with Gasteiger partial charge in [0, 0.05) is 10.4 Å². The minimum atomic E-state index is -0.887. The lowest BCUT2D eigenvalue weighted by molar-refractivity contribution is 0.0697. The van der Waals surface area contributed by atoms with Gasteiger partial charge >= 0.3 is 5.97 Å². The van der Waals surface area contributed by atoms with Gasteiger partial charge in [0.1, 0.15) is 0 Å². The fraction of sp³-hybridized carbons (Fsp3) is 0.211. The number of halogens is 1. The van der Waals surface area contributed by atoms with Gasteiger partial charge < -0.3 is 10.4 Å². The van der Waals surface area contributed by atoms with E-state index in [1.54, 1.807) is 12.1 Å². The van der Waals surface area contributed by atoms with Crippen LogP contribution in [0.25, 0.3) is 0 Å². The van der Waals surface area contributed by atoms with Crippen molar-refractivity contribution >= 4 is 27.6 Å². The number of para-hydroxylation sites is 1. The first-order valence-electron chi connectivity index (χ1n) is 7.70. The lowest BCUT2D eigenvalue weighted by Gasteiger charge is -2.38. The summed E-state index contributed by atoms with van der Waals surface area (Å²) in [7, 11) is 0. The van der Waals surface area contributed by atoms with Gasteiger partial charge in [-0.3, -0.25) is 0 Å². The number of carboxylic acid groups (broad SMARTS) is 1. The molecular weight excluding hydrogens is 354 g/mol. The number of benzene rings is 2. The molecule has 2 aliphatic rings. The average molecular weight is 370 g/mol. The summed E-state index contributed by atoms with van der Waals surface area (Å²) in [5, 5.41) is 12.7. The monoisotopic (exact) mass is 369 g/mol.